The van der Waals surface area contributed by atoms with Crippen LogP contribution in [0.1, 0.15) is 124 Å². The standard InChI is InChI=1S/C33H63N3O6Si/c1-9-10-11-12-13-14-15-16-17-18-19-20-21-22-24-35(5)40-26-27-29(42-43(7,8)33(2,3)4)30(39-6)31(41-27)36-25-23-28(37)34-32(36)38/h23,25,27,29-31H,9-22,24,26H2,1-8H3,(H,34,37,38)/t27-,29?,30?,31-/m1/s1. The van der Waals surface area contributed by atoms with E-state index in [2.05, 4.69) is 45.8 Å². The van der Waals surface area contributed by atoms with Gasteiger partial charge in [0.05, 0.1) is 6.61 Å². The topological polar surface area (TPSA) is 95.0 Å². The average molecular weight is 626 g/mol. The van der Waals surface area contributed by atoms with E-state index in [4.69, 9.17) is 18.7 Å². The molecule has 10 heteroatoms. The number of aromatic amines is 1. The molecule has 1 N–H and O–H groups in total. The molecule has 1 saturated heterocycles. The third kappa shape index (κ3) is 12.9. The molecule has 1 aliphatic heterocycles. The van der Waals surface area contributed by atoms with Crippen LogP contribution in [0.15, 0.2) is 21.9 Å². The van der Waals surface area contributed by atoms with Gasteiger partial charge in [0.25, 0.3) is 5.56 Å². The van der Waals surface area contributed by atoms with Crippen molar-refractivity contribution in [1.82, 2.24) is 14.6 Å². The van der Waals surface area contributed by atoms with E-state index < -0.39 is 44.1 Å². The maximum atomic E-state index is 12.6. The monoisotopic (exact) mass is 625 g/mol. The van der Waals surface area contributed by atoms with Crippen molar-refractivity contribution >= 4 is 8.32 Å². The molecule has 0 bridgehead atoms. The van der Waals surface area contributed by atoms with Crippen molar-refractivity contribution in [2.24, 2.45) is 0 Å². The van der Waals surface area contributed by atoms with E-state index in [1.165, 1.54) is 100 Å². The quantitative estimate of drug-likeness (QED) is 0.0828. The summed E-state index contributed by atoms with van der Waals surface area (Å²) < 4.78 is 20.4. The summed E-state index contributed by atoms with van der Waals surface area (Å²) in [5.41, 5.74) is -0.991. The molecule has 43 heavy (non-hydrogen) atoms. The van der Waals surface area contributed by atoms with Crippen LogP contribution in [-0.2, 0) is 18.7 Å². The highest BCUT2D eigenvalue weighted by molar-refractivity contribution is 6.74. The first-order valence-electron chi connectivity index (χ1n) is 16.9. The number of hydrogen-bond donors (Lipinski definition) is 1. The van der Waals surface area contributed by atoms with Gasteiger partial charge in [-0.3, -0.25) is 19.2 Å². The van der Waals surface area contributed by atoms with E-state index in [0.717, 1.165) is 13.0 Å². The number of hydroxylamine groups is 2. The van der Waals surface area contributed by atoms with Gasteiger partial charge in [-0.1, -0.05) is 111 Å². The van der Waals surface area contributed by atoms with Gasteiger partial charge in [-0.25, -0.2) is 4.79 Å². The number of ether oxygens (including phenoxy) is 2. The van der Waals surface area contributed by atoms with Crippen LogP contribution in [0.3, 0.4) is 0 Å². The zero-order valence-electron chi connectivity index (χ0n) is 28.6. The van der Waals surface area contributed by atoms with Gasteiger partial charge < -0.3 is 13.9 Å². The van der Waals surface area contributed by atoms with Gasteiger partial charge in [-0.05, 0) is 24.6 Å². The second-order valence-corrected chi connectivity index (χ2v) is 18.6. The van der Waals surface area contributed by atoms with Gasteiger partial charge in [0.2, 0.25) is 0 Å². The van der Waals surface area contributed by atoms with E-state index in [9.17, 15) is 9.59 Å². The predicted molar refractivity (Wildman–Crippen MR) is 177 cm³/mol. The number of H-pyrrole nitrogens is 1. The number of rotatable bonds is 22. The molecule has 2 heterocycles. The van der Waals surface area contributed by atoms with Crippen molar-refractivity contribution in [3.63, 3.8) is 0 Å². The summed E-state index contributed by atoms with van der Waals surface area (Å²) >= 11 is 0. The summed E-state index contributed by atoms with van der Waals surface area (Å²) in [4.78, 5) is 32.8. The number of hydrogen-bond acceptors (Lipinski definition) is 7. The molecule has 2 rings (SSSR count). The molecule has 0 spiro atoms. The molecule has 2 unspecified atom stereocenters. The smallest absolute Gasteiger partial charge is 0.330 e. The lowest BCUT2D eigenvalue weighted by Gasteiger charge is -2.40. The van der Waals surface area contributed by atoms with E-state index in [-0.39, 0.29) is 11.6 Å². The minimum atomic E-state index is -2.21. The van der Waals surface area contributed by atoms with Crippen molar-refractivity contribution in [3.05, 3.63) is 33.1 Å². The number of methoxy groups -OCH3 is 1. The van der Waals surface area contributed by atoms with E-state index in [1.54, 1.807) is 7.11 Å². The number of nitrogens with zero attached hydrogens (tertiary/aromatic N) is 2. The highest BCUT2D eigenvalue weighted by Gasteiger charge is 2.51. The van der Waals surface area contributed by atoms with Crippen molar-refractivity contribution < 1.29 is 18.7 Å². The van der Waals surface area contributed by atoms with Gasteiger partial charge in [0, 0.05) is 33.0 Å². The summed E-state index contributed by atoms with van der Waals surface area (Å²) in [6, 6.07) is 1.31. The van der Waals surface area contributed by atoms with Crippen molar-refractivity contribution in [2.45, 2.75) is 160 Å². The van der Waals surface area contributed by atoms with E-state index in [0.29, 0.717) is 0 Å². The van der Waals surface area contributed by atoms with E-state index in [1.807, 2.05) is 12.1 Å². The van der Waals surface area contributed by atoms with Crippen LogP contribution in [-0.4, -0.2) is 68.6 Å². The fraction of sp³-hybridized carbons (Fsp3) is 0.879. The third-order valence-electron chi connectivity index (χ3n) is 9.21. The first-order chi connectivity index (χ1) is 20.4. The van der Waals surface area contributed by atoms with Crippen molar-refractivity contribution in [2.75, 3.05) is 27.3 Å². The molecular formula is C33H63N3O6Si. The Hall–Kier alpha value is -1.30. The number of unbranched alkanes of at least 4 members (excludes halogenated alkanes) is 13. The Labute approximate surface area is 262 Å². The lowest BCUT2D eigenvalue weighted by Crippen LogP contribution is -2.50. The lowest BCUT2D eigenvalue weighted by molar-refractivity contribution is -0.178. The minimum Gasteiger partial charge on any atom is -0.408 e. The number of nitrogens with one attached hydrogen (secondary N) is 1. The molecule has 0 saturated carbocycles. The van der Waals surface area contributed by atoms with Crippen molar-refractivity contribution in [1.29, 1.82) is 0 Å². The van der Waals surface area contributed by atoms with Crippen LogP contribution in [0.2, 0.25) is 18.1 Å². The van der Waals surface area contributed by atoms with Crippen LogP contribution in [0.4, 0.5) is 0 Å². The first kappa shape index (κ1) is 37.9. The highest BCUT2D eigenvalue weighted by atomic mass is 28.4. The first-order valence-corrected chi connectivity index (χ1v) is 19.8. The minimum absolute atomic E-state index is 0.0196. The third-order valence-corrected chi connectivity index (χ3v) is 13.7. The summed E-state index contributed by atoms with van der Waals surface area (Å²) in [7, 11) is 1.35. The van der Waals surface area contributed by atoms with Crippen LogP contribution in [0, 0.1) is 0 Å². The maximum Gasteiger partial charge on any atom is 0.330 e. The van der Waals surface area contributed by atoms with Crippen molar-refractivity contribution in [3.8, 4) is 0 Å². The molecule has 1 aromatic rings. The predicted octanol–water partition coefficient (Wildman–Crippen LogP) is 7.18. The molecule has 0 aliphatic carbocycles. The number of aromatic nitrogens is 2. The molecule has 1 fully saturated rings. The Balaban J connectivity index is 1.80. The van der Waals surface area contributed by atoms with Crippen LogP contribution >= 0.6 is 0 Å². The molecule has 1 aromatic heterocycles. The van der Waals surface area contributed by atoms with Gasteiger partial charge in [0.15, 0.2) is 14.5 Å². The Morgan fingerprint density at radius 3 is 1.93 bits per heavy atom. The molecule has 9 nitrogen and oxygen atoms in total. The largest absolute Gasteiger partial charge is 0.408 e. The van der Waals surface area contributed by atoms with Crippen LogP contribution in [0.25, 0.3) is 0 Å². The summed E-state index contributed by atoms with van der Waals surface area (Å²) in [5, 5.41) is 1.86. The Bertz CT molecular complexity index is 1010. The Kier molecular flexibility index (Phi) is 17.0. The molecular weight excluding hydrogens is 562 g/mol. The maximum absolute atomic E-state index is 12.6. The molecule has 0 amide bonds. The second kappa shape index (κ2) is 19.3. The average Bonchev–Trinajstić information content (AvgIpc) is 3.27. The summed E-state index contributed by atoms with van der Waals surface area (Å²) in [5.74, 6) is 0. The summed E-state index contributed by atoms with van der Waals surface area (Å²) in [6.07, 6.45) is 18.0. The zero-order chi connectivity index (χ0) is 31.9. The van der Waals surface area contributed by atoms with Gasteiger partial charge in [-0.2, -0.15) is 5.06 Å². The molecule has 0 radical (unpaired) electrons. The highest BCUT2D eigenvalue weighted by Crippen LogP contribution is 2.41. The van der Waals surface area contributed by atoms with Crippen LogP contribution in [0.5, 0.6) is 0 Å². The van der Waals surface area contributed by atoms with Gasteiger partial charge >= 0.3 is 5.69 Å². The normalized spacial score (nSPS) is 21.2. The molecule has 1 aliphatic rings. The SMILES string of the molecule is CCCCCCCCCCCCCCCCN(C)OC[C@H]1O[C@@H](n2ccc(=O)[nH]c2=O)C(OC)C1O[Si](C)(C)C(C)(C)C. The lowest BCUT2D eigenvalue weighted by atomic mass is 10.0. The fourth-order valence-corrected chi connectivity index (χ4v) is 6.72. The molecule has 250 valence electrons. The van der Waals surface area contributed by atoms with Gasteiger partial charge in [-0.15, -0.1) is 0 Å². The van der Waals surface area contributed by atoms with E-state index >= 15 is 0 Å². The summed E-state index contributed by atoms with van der Waals surface area (Å²) in [6.45, 7) is 14.4. The molecule has 0 aromatic carbocycles. The second-order valence-electron chi connectivity index (χ2n) is 13.9. The molecule has 4 atom stereocenters. The zero-order valence-corrected chi connectivity index (χ0v) is 29.6. The Morgan fingerprint density at radius 1 is 0.907 bits per heavy atom. The van der Waals surface area contributed by atoms with Crippen LogP contribution < -0.4 is 11.2 Å². The van der Waals surface area contributed by atoms with Gasteiger partial charge in [0.1, 0.15) is 18.3 Å². The Morgan fingerprint density at radius 2 is 1.44 bits per heavy atom. The fourth-order valence-electron chi connectivity index (χ4n) is 5.40.